The van der Waals surface area contributed by atoms with Crippen LogP contribution in [0.2, 0.25) is 0 Å². The van der Waals surface area contributed by atoms with Crippen LogP contribution in [-0.4, -0.2) is 25.3 Å². The van der Waals surface area contributed by atoms with E-state index in [4.69, 9.17) is 9.47 Å². The lowest BCUT2D eigenvalue weighted by molar-refractivity contribution is -0.123. The molecule has 1 fully saturated rings. The van der Waals surface area contributed by atoms with Gasteiger partial charge in [-0.1, -0.05) is 12.2 Å². The molecule has 2 aliphatic rings. The first-order valence-corrected chi connectivity index (χ1v) is 7.05. The second-order valence-electron chi connectivity index (χ2n) is 5.24. The average Bonchev–Trinajstić information content (AvgIpc) is 2.87. The summed E-state index contributed by atoms with van der Waals surface area (Å²) in [7, 11) is 1.60. The SMILES string of the molecule is COc1ccc(OCC(=O)N/N=C2\C[C@H]3C=CC[C@H]23)cc1. The molecule has 1 amide bonds. The summed E-state index contributed by atoms with van der Waals surface area (Å²) in [5, 5.41) is 4.19. The smallest absolute Gasteiger partial charge is 0.277 e. The molecule has 0 bridgehead atoms. The van der Waals surface area contributed by atoms with Crippen molar-refractivity contribution in [1.29, 1.82) is 0 Å². The van der Waals surface area contributed by atoms with E-state index >= 15 is 0 Å². The number of fused-ring (bicyclic) bond motifs is 1. The predicted molar refractivity (Wildman–Crippen MR) is 79.4 cm³/mol. The van der Waals surface area contributed by atoms with Crippen LogP contribution in [0, 0.1) is 11.8 Å². The maximum absolute atomic E-state index is 11.7. The van der Waals surface area contributed by atoms with Gasteiger partial charge in [-0.05, 0) is 43.0 Å². The highest BCUT2D eigenvalue weighted by molar-refractivity contribution is 5.94. The summed E-state index contributed by atoms with van der Waals surface area (Å²) in [4.78, 5) is 11.7. The summed E-state index contributed by atoms with van der Waals surface area (Å²) in [6, 6.07) is 7.10. The van der Waals surface area contributed by atoms with E-state index in [-0.39, 0.29) is 12.5 Å². The molecule has 1 saturated carbocycles. The van der Waals surface area contributed by atoms with Crippen molar-refractivity contribution in [3.05, 3.63) is 36.4 Å². The highest BCUT2D eigenvalue weighted by atomic mass is 16.5. The van der Waals surface area contributed by atoms with Gasteiger partial charge in [0.2, 0.25) is 0 Å². The van der Waals surface area contributed by atoms with Crippen LogP contribution in [0.25, 0.3) is 0 Å². The van der Waals surface area contributed by atoms with Gasteiger partial charge in [0.25, 0.3) is 5.91 Å². The highest BCUT2D eigenvalue weighted by Crippen LogP contribution is 2.39. The molecule has 0 unspecified atom stereocenters. The Bertz CT molecular complexity index is 578. The zero-order valence-electron chi connectivity index (χ0n) is 11.9. The monoisotopic (exact) mass is 286 g/mol. The van der Waals surface area contributed by atoms with Gasteiger partial charge in [0.1, 0.15) is 11.5 Å². The molecule has 1 aromatic carbocycles. The van der Waals surface area contributed by atoms with E-state index in [1.807, 2.05) is 0 Å². The lowest BCUT2D eigenvalue weighted by atomic mass is 9.74. The molecule has 21 heavy (non-hydrogen) atoms. The maximum Gasteiger partial charge on any atom is 0.277 e. The Labute approximate surface area is 123 Å². The number of amides is 1. The molecule has 2 atom stereocenters. The molecule has 1 aromatic rings. The third kappa shape index (κ3) is 3.07. The summed E-state index contributed by atoms with van der Waals surface area (Å²) in [6.45, 7) is -0.0462. The van der Waals surface area contributed by atoms with Crippen molar-refractivity contribution < 1.29 is 14.3 Å². The normalized spacial score (nSPS) is 24.3. The fourth-order valence-corrected chi connectivity index (χ4v) is 2.65. The van der Waals surface area contributed by atoms with Crippen molar-refractivity contribution in [2.24, 2.45) is 16.9 Å². The van der Waals surface area contributed by atoms with Crippen molar-refractivity contribution in [1.82, 2.24) is 5.43 Å². The van der Waals surface area contributed by atoms with E-state index < -0.39 is 0 Å². The molecule has 0 aromatic heterocycles. The second kappa shape index (κ2) is 5.99. The first-order chi connectivity index (χ1) is 10.3. The van der Waals surface area contributed by atoms with E-state index in [9.17, 15) is 4.79 Å². The van der Waals surface area contributed by atoms with E-state index in [0.29, 0.717) is 17.6 Å². The number of nitrogens with zero attached hydrogens (tertiary/aromatic N) is 1. The fourth-order valence-electron chi connectivity index (χ4n) is 2.65. The van der Waals surface area contributed by atoms with Crippen molar-refractivity contribution in [2.45, 2.75) is 12.8 Å². The summed E-state index contributed by atoms with van der Waals surface area (Å²) >= 11 is 0. The number of carbonyl (C=O) groups excluding carboxylic acids is 1. The molecule has 110 valence electrons. The van der Waals surface area contributed by atoms with Gasteiger partial charge in [0.05, 0.1) is 7.11 Å². The van der Waals surface area contributed by atoms with Crippen LogP contribution >= 0.6 is 0 Å². The zero-order valence-corrected chi connectivity index (χ0v) is 11.9. The number of allylic oxidation sites excluding steroid dienone is 2. The molecular formula is C16H18N2O3. The largest absolute Gasteiger partial charge is 0.497 e. The number of hydrazone groups is 1. The van der Waals surface area contributed by atoms with Crippen LogP contribution in [0.15, 0.2) is 41.5 Å². The quantitative estimate of drug-likeness (QED) is 0.666. The molecule has 0 saturated heterocycles. The van der Waals surface area contributed by atoms with Crippen molar-refractivity contribution in [3.63, 3.8) is 0 Å². The van der Waals surface area contributed by atoms with Crippen LogP contribution in [0.1, 0.15) is 12.8 Å². The number of methoxy groups -OCH3 is 1. The predicted octanol–water partition coefficient (Wildman–Crippen LogP) is 2.14. The molecule has 5 heteroatoms. The Morgan fingerprint density at radius 2 is 2.10 bits per heavy atom. The third-order valence-corrected chi connectivity index (χ3v) is 3.92. The van der Waals surface area contributed by atoms with Gasteiger partial charge in [-0.2, -0.15) is 5.10 Å². The topological polar surface area (TPSA) is 59.9 Å². The highest BCUT2D eigenvalue weighted by Gasteiger charge is 2.37. The lowest BCUT2D eigenvalue weighted by Crippen LogP contribution is -2.36. The lowest BCUT2D eigenvalue weighted by Gasteiger charge is -2.31. The molecule has 0 spiro atoms. The van der Waals surface area contributed by atoms with Crippen LogP contribution < -0.4 is 14.9 Å². The fraction of sp³-hybridized carbons (Fsp3) is 0.375. The Morgan fingerprint density at radius 3 is 2.81 bits per heavy atom. The van der Waals surface area contributed by atoms with Crippen molar-refractivity contribution >= 4 is 11.6 Å². The van der Waals surface area contributed by atoms with Gasteiger partial charge in [0.15, 0.2) is 6.61 Å². The van der Waals surface area contributed by atoms with Crippen molar-refractivity contribution in [2.75, 3.05) is 13.7 Å². The molecule has 5 nitrogen and oxygen atoms in total. The van der Waals surface area contributed by atoms with Crippen LogP contribution in [-0.2, 0) is 4.79 Å². The molecule has 0 heterocycles. The van der Waals surface area contributed by atoms with E-state index in [2.05, 4.69) is 22.7 Å². The second-order valence-corrected chi connectivity index (χ2v) is 5.24. The van der Waals surface area contributed by atoms with Gasteiger partial charge < -0.3 is 9.47 Å². The van der Waals surface area contributed by atoms with Crippen LogP contribution in [0.5, 0.6) is 11.5 Å². The van der Waals surface area contributed by atoms with Gasteiger partial charge in [-0.3, -0.25) is 4.79 Å². The number of rotatable bonds is 5. The van der Waals surface area contributed by atoms with Gasteiger partial charge in [-0.25, -0.2) is 5.43 Å². The average molecular weight is 286 g/mol. The van der Waals surface area contributed by atoms with Gasteiger partial charge in [-0.15, -0.1) is 0 Å². The first kappa shape index (κ1) is 13.7. The van der Waals surface area contributed by atoms with E-state index in [0.717, 1.165) is 24.3 Å². The van der Waals surface area contributed by atoms with E-state index in [1.54, 1.807) is 31.4 Å². The minimum absolute atomic E-state index is 0.0462. The number of benzene rings is 1. The summed E-state index contributed by atoms with van der Waals surface area (Å²) in [5.74, 6) is 2.28. The number of hydrogen-bond donors (Lipinski definition) is 1. The Balaban J connectivity index is 1.43. The molecule has 0 radical (unpaired) electrons. The molecule has 2 aliphatic carbocycles. The number of hydrogen-bond acceptors (Lipinski definition) is 4. The Hall–Kier alpha value is -2.30. The minimum atomic E-state index is -0.243. The number of carbonyl (C=O) groups is 1. The summed E-state index contributed by atoms with van der Waals surface area (Å²) in [6.07, 6.45) is 6.42. The molecular weight excluding hydrogens is 268 g/mol. The standard InChI is InChI=1S/C16H18N2O3/c1-20-12-5-7-13(8-6-12)21-10-16(19)18-17-15-9-11-3-2-4-14(11)15/h2-3,5-8,11,14H,4,9-10H2,1H3,(H,18,19)/b17-15+/t11-,14+/m1/s1. The molecule has 3 rings (SSSR count). The summed E-state index contributed by atoms with van der Waals surface area (Å²) in [5.41, 5.74) is 3.65. The zero-order chi connectivity index (χ0) is 14.7. The maximum atomic E-state index is 11.7. The molecule has 0 aliphatic heterocycles. The number of nitrogens with one attached hydrogen (secondary N) is 1. The van der Waals surface area contributed by atoms with E-state index in [1.165, 1.54) is 0 Å². The van der Waals surface area contributed by atoms with Crippen LogP contribution in [0.3, 0.4) is 0 Å². The summed E-state index contributed by atoms with van der Waals surface area (Å²) < 4.78 is 10.4. The Kier molecular flexibility index (Phi) is 3.90. The first-order valence-electron chi connectivity index (χ1n) is 7.05. The van der Waals surface area contributed by atoms with Gasteiger partial charge >= 0.3 is 0 Å². The third-order valence-electron chi connectivity index (χ3n) is 3.92. The van der Waals surface area contributed by atoms with Gasteiger partial charge in [0, 0.05) is 11.6 Å². The van der Waals surface area contributed by atoms with Crippen LogP contribution in [0.4, 0.5) is 0 Å². The number of ether oxygens (including phenoxy) is 2. The minimum Gasteiger partial charge on any atom is -0.497 e. The van der Waals surface area contributed by atoms with Crippen molar-refractivity contribution in [3.8, 4) is 11.5 Å². The molecule has 1 N–H and O–H groups in total. The Morgan fingerprint density at radius 1 is 1.33 bits per heavy atom.